The third-order valence-corrected chi connectivity index (χ3v) is 13.7. The second kappa shape index (κ2) is 13.4. The molecule has 12 rings (SSSR count). The number of fused-ring (bicyclic) bond motifs is 9. The van der Waals surface area contributed by atoms with Crippen LogP contribution in [0.15, 0.2) is 224 Å². The van der Waals surface area contributed by atoms with E-state index in [1.165, 1.54) is 86.2 Å². The SMILES string of the molecule is c1ccc(C2(c3ccccc3)c3ccccc3-c3ccc(N(c4ccc(-c5cccc6c5sc5ccccc56)cc4)c4ccc5ccc6ccccc6c5c4)cc32)cc1. The van der Waals surface area contributed by atoms with Crippen LogP contribution in [0.25, 0.3) is 64.0 Å². The molecule has 0 bridgehead atoms. The molecule has 10 aromatic carbocycles. The van der Waals surface area contributed by atoms with Crippen molar-refractivity contribution in [2.45, 2.75) is 5.41 Å². The highest BCUT2D eigenvalue weighted by molar-refractivity contribution is 7.26. The molecule has 0 aliphatic heterocycles. The summed E-state index contributed by atoms with van der Waals surface area (Å²) in [5.74, 6) is 0. The van der Waals surface area contributed by atoms with E-state index in [1.807, 2.05) is 11.3 Å². The molecule has 0 N–H and O–H groups in total. The largest absolute Gasteiger partial charge is 0.310 e. The van der Waals surface area contributed by atoms with Gasteiger partial charge in [0.1, 0.15) is 0 Å². The van der Waals surface area contributed by atoms with Gasteiger partial charge in [-0.15, -0.1) is 11.3 Å². The van der Waals surface area contributed by atoms with Crippen LogP contribution in [-0.4, -0.2) is 0 Å². The molecule has 0 saturated heterocycles. The van der Waals surface area contributed by atoms with Gasteiger partial charge in [0.15, 0.2) is 0 Å². The van der Waals surface area contributed by atoms with Crippen molar-refractivity contribution in [3.63, 3.8) is 0 Å². The van der Waals surface area contributed by atoms with Gasteiger partial charge in [-0.2, -0.15) is 0 Å². The molecule has 1 nitrogen and oxygen atoms in total. The van der Waals surface area contributed by atoms with E-state index in [-0.39, 0.29) is 0 Å². The van der Waals surface area contributed by atoms with Crippen molar-refractivity contribution >= 4 is 70.1 Å². The fraction of sp³-hybridized carbons (Fsp3) is 0.0175. The van der Waals surface area contributed by atoms with Crippen LogP contribution in [0.1, 0.15) is 22.3 Å². The van der Waals surface area contributed by atoms with Gasteiger partial charge in [0.2, 0.25) is 0 Å². The lowest BCUT2D eigenvalue weighted by Crippen LogP contribution is -2.28. The first-order chi connectivity index (χ1) is 29.3. The molecular formula is C57H37NS. The number of nitrogens with zero attached hydrogens (tertiary/aromatic N) is 1. The van der Waals surface area contributed by atoms with Crippen LogP contribution in [0, 0.1) is 0 Å². The number of anilines is 3. The zero-order valence-electron chi connectivity index (χ0n) is 32.2. The van der Waals surface area contributed by atoms with Gasteiger partial charge in [0.05, 0.1) is 5.41 Å². The Bertz CT molecular complexity index is 3340. The standard InChI is InChI=1S/C57H37NS/c1-3-15-41(16-4-1)57(42-17-5-2-6-18-42)53-24-11-9-20-48(53)49-35-34-45(37-54(49)57)58(44-33-30-40-27-26-38-14-7-8-19-46(38)52(40)36-44)43-31-28-39(29-32-43)47-22-13-23-51-50-21-10-12-25-55(50)59-56(47)51/h1-37H. The molecule has 1 aliphatic rings. The van der Waals surface area contributed by atoms with Crippen molar-refractivity contribution < 1.29 is 0 Å². The summed E-state index contributed by atoms with van der Waals surface area (Å²) in [5.41, 5.74) is 13.0. The summed E-state index contributed by atoms with van der Waals surface area (Å²) >= 11 is 1.88. The van der Waals surface area contributed by atoms with Crippen LogP contribution >= 0.6 is 11.3 Å². The number of rotatable bonds is 6. The lowest BCUT2D eigenvalue weighted by Gasteiger charge is -2.35. The summed E-state index contributed by atoms with van der Waals surface area (Å²) in [4.78, 5) is 2.45. The van der Waals surface area contributed by atoms with E-state index >= 15 is 0 Å². The Labute approximate surface area is 347 Å². The summed E-state index contributed by atoms with van der Waals surface area (Å²) in [7, 11) is 0. The average Bonchev–Trinajstić information content (AvgIpc) is 3.84. The summed E-state index contributed by atoms with van der Waals surface area (Å²) in [6.45, 7) is 0. The Hall–Kier alpha value is -7.26. The van der Waals surface area contributed by atoms with Crippen LogP contribution in [0.2, 0.25) is 0 Å². The molecule has 11 aromatic rings. The maximum Gasteiger partial charge on any atom is 0.0714 e. The van der Waals surface area contributed by atoms with E-state index in [9.17, 15) is 0 Å². The highest BCUT2D eigenvalue weighted by Crippen LogP contribution is 2.57. The zero-order chi connectivity index (χ0) is 38.9. The quantitative estimate of drug-likeness (QED) is 0.152. The highest BCUT2D eigenvalue weighted by atomic mass is 32.1. The molecule has 0 amide bonds. The van der Waals surface area contributed by atoms with Gasteiger partial charge in [-0.3, -0.25) is 0 Å². The van der Waals surface area contributed by atoms with E-state index in [0.29, 0.717) is 0 Å². The molecule has 0 unspecified atom stereocenters. The Kier molecular flexibility index (Phi) is 7.69. The predicted octanol–water partition coefficient (Wildman–Crippen LogP) is 15.9. The van der Waals surface area contributed by atoms with E-state index in [1.54, 1.807) is 0 Å². The van der Waals surface area contributed by atoms with Gasteiger partial charge < -0.3 is 4.90 Å². The number of hydrogen-bond acceptors (Lipinski definition) is 2. The fourth-order valence-corrected chi connectivity index (χ4v) is 11.2. The lowest BCUT2D eigenvalue weighted by molar-refractivity contribution is 0.768. The zero-order valence-corrected chi connectivity index (χ0v) is 33.0. The molecule has 59 heavy (non-hydrogen) atoms. The minimum atomic E-state index is -0.498. The third-order valence-electron chi connectivity index (χ3n) is 12.5. The van der Waals surface area contributed by atoms with Gasteiger partial charge in [0, 0.05) is 37.2 Å². The smallest absolute Gasteiger partial charge is 0.0714 e. The third kappa shape index (κ3) is 5.17. The van der Waals surface area contributed by atoms with E-state index in [4.69, 9.17) is 0 Å². The second-order valence-electron chi connectivity index (χ2n) is 15.6. The van der Waals surface area contributed by atoms with Crippen molar-refractivity contribution in [3.05, 3.63) is 247 Å². The molecule has 276 valence electrons. The van der Waals surface area contributed by atoms with Crippen molar-refractivity contribution in [1.29, 1.82) is 0 Å². The van der Waals surface area contributed by atoms with Gasteiger partial charge in [-0.1, -0.05) is 182 Å². The topological polar surface area (TPSA) is 3.24 Å². The molecule has 2 heteroatoms. The van der Waals surface area contributed by atoms with E-state index in [0.717, 1.165) is 17.1 Å². The van der Waals surface area contributed by atoms with Crippen LogP contribution in [0.3, 0.4) is 0 Å². The van der Waals surface area contributed by atoms with Gasteiger partial charge in [0.25, 0.3) is 0 Å². The van der Waals surface area contributed by atoms with Crippen molar-refractivity contribution in [1.82, 2.24) is 0 Å². The maximum atomic E-state index is 2.47. The minimum Gasteiger partial charge on any atom is -0.310 e. The molecule has 0 radical (unpaired) electrons. The molecule has 0 spiro atoms. The van der Waals surface area contributed by atoms with Crippen LogP contribution in [0.5, 0.6) is 0 Å². The highest BCUT2D eigenvalue weighted by Gasteiger charge is 2.46. The van der Waals surface area contributed by atoms with Gasteiger partial charge in [-0.25, -0.2) is 0 Å². The Morgan fingerprint density at radius 2 is 0.898 bits per heavy atom. The number of thiophene rings is 1. The molecule has 1 aromatic heterocycles. The summed E-state index contributed by atoms with van der Waals surface area (Å²) in [6.07, 6.45) is 0. The first-order valence-corrected chi connectivity index (χ1v) is 21.2. The molecule has 1 aliphatic carbocycles. The monoisotopic (exact) mass is 767 g/mol. The average molecular weight is 768 g/mol. The summed E-state index contributed by atoms with van der Waals surface area (Å²) in [6, 6.07) is 83.1. The Morgan fingerprint density at radius 3 is 1.69 bits per heavy atom. The Morgan fingerprint density at radius 1 is 0.339 bits per heavy atom. The molecule has 0 saturated carbocycles. The molecule has 0 fully saturated rings. The van der Waals surface area contributed by atoms with E-state index < -0.39 is 5.41 Å². The van der Waals surface area contributed by atoms with Gasteiger partial charge in [-0.05, 0) is 109 Å². The van der Waals surface area contributed by atoms with Crippen LogP contribution in [0.4, 0.5) is 17.1 Å². The number of benzene rings is 10. The molecule has 1 heterocycles. The van der Waals surface area contributed by atoms with E-state index in [2.05, 4.69) is 229 Å². The number of hydrogen-bond donors (Lipinski definition) is 0. The Balaban J connectivity index is 1.09. The predicted molar refractivity (Wildman–Crippen MR) is 252 cm³/mol. The maximum absolute atomic E-state index is 2.47. The van der Waals surface area contributed by atoms with Crippen molar-refractivity contribution in [3.8, 4) is 22.3 Å². The first-order valence-electron chi connectivity index (χ1n) is 20.3. The fourth-order valence-electron chi connectivity index (χ4n) is 9.91. The van der Waals surface area contributed by atoms with Crippen molar-refractivity contribution in [2.75, 3.05) is 4.90 Å². The second-order valence-corrected chi connectivity index (χ2v) is 16.7. The molecule has 0 atom stereocenters. The normalized spacial score (nSPS) is 12.9. The molecular weight excluding hydrogens is 731 g/mol. The summed E-state index contributed by atoms with van der Waals surface area (Å²) in [5, 5.41) is 7.62. The van der Waals surface area contributed by atoms with Gasteiger partial charge >= 0.3 is 0 Å². The summed E-state index contributed by atoms with van der Waals surface area (Å²) < 4.78 is 2.65. The van der Waals surface area contributed by atoms with Crippen molar-refractivity contribution in [2.24, 2.45) is 0 Å². The minimum absolute atomic E-state index is 0.498. The van der Waals surface area contributed by atoms with Crippen LogP contribution < -0.4 is 4.90 Å². The lowest BCUT2D eigenvalue weighted by atomic mass is 9.67. The van der Waals surface area contributed by atoms with Crippen LogP contribution in [-0.2, 0) is 5.41 Å². The first kappa shape index (κ1) is 33.8.